The van der Waals surface area contributed by atoms with Crippen LogP contribution in [0.2, 0.25) is 5.02 Å². The molecule has 164 valence electrons. The van der Waals surface area contributed by atoms with Crippen LogP contribution in [0.3, 0.4) is 0 Å². The molecule has 0 aromatic heterocycles. The van der Waals surface area contributed by atoms with E-state index in [0.717, 1.165) is 6.07 Å². The molecular weight excluding hydrogens is 434 g/mol. The van der Waals surface area contributed by atoms with Gasteiger partial charge in [-0.2, -0.15) is 0 Å². The zero-order valence-electron chi connectivity index (χ0n) is 15.9. The predicted octanol–water partition coefficient (Wildman–Crippen LogP) is 4.00. The van der Waals surface area contributed by atoms with Gasteiger partial charge in [0.1, 0.15) is 0 Å². The highest BCUT2D eigenvalue weighted by atomic mass is 35.5. The fourth-order valence-electron chi connectivity index (χ4n) is 3.31. The number of benzene rings is 1. The Labute approximate surface area is 174 Å². The number of terminal acetylenes is 1. The maximum atomic E-state index is 14.4. The normalized spacial score (nSPS) is 21.8. The van der Waals surface area contributed by atoms with Gasteiger partial charge in [-0.25, -0.2) is 9.18 Å². The molecule has 0 bridgehead atoms. The van der Waals surface area contributed by atoms with E-state index in [4.69, 9.17) is 22.8 Å². The summed E-state index contributed by atoms with van der Waals surface area (Å²) in [6, 6.07) is 1.32. The molecule has 1 fully saturated rings. The molecule has 1 heterocycles. The van der Waals surface area contributed by atoms with Gasteiger partial charge in [-0.3, -0.25) is 9.69 Å². The number of ether oxygens (including phenoxy) is 2. The Morgan fingerprint density at radius 3 is 2.53 bits per heavy atom. The van der Waals surface area contributed by atoms with Gasteiger partial charge in [-0.15, -0.1) is 19.6 Å². The molecule has 2 atom stereocenters. The van der Waals surface area contributed by atoms with Crippen molar-refractivity contribution >= 4 is 29.2 Å². The molecule has 30 heavy (non-hydrogen) atoms. The highest BCUT2D eigenvalue weighted by molar-refractivity contribution is 6.32. The van der Waals surface area contributed by atoms with Crippen molar-refractivity contribution in [2.45, 2.75) is 44.7 Å². The molecule has 0 saturated carbocycles. The average Bonchev–Trinajstić information content (AvgIpc) is 2.64. The van der Waals surface area contributed by atoms with Crippen LogP contribution >= 0.6 is 11.6 Å². The van der Waals surface area contributed by atoms with E-state index in [-0.39, 0.29) is 25.4 Å². The largest absolute Gasteiger partial charge is 0.573 e. The monoisotopic (exact) mass is 451 g/mol. The summed E-state index contributed by atoms with van der Waals surface area (Å²) in [6.45, 7) is 3.54. The van der Waals surface area contributed by atoms with Crippen LogP contribution in [0.1, 0.15) is 26.7 Å². The van der Waals surface area contributed by atoms with Gasteiger partial charge in [-0.05, 0) is 17.9 Å². The summed E-state index contributed by atoms with van der Waals surface area (Å²) in [6.07, 6.45) is -0.934. The van der Waals surface area contributed by atoms with E-state index in [1.807, 2.05) is 0 Å². The second-order valence-corrected chi connectivity index (χ2v) is 7.42. The van der Waals surface area contributed by atoms with E-state index in [1.165, 1.54) is 0 Å². The molecule has 1 saturated heterocycles. The highest BCUT2D eigenvalue weighted by Gasteiger charge is 2.51. The number of carbonyl (C=O) groups excluding carboxylic acids is 1. The van der Waals surface area contributed by atoms with Crippen LogP contribution in [0.15, 0.2) is 12.1 Å². The average molecular weight is 452 g/mol. The van der Waals surface area contributed by atoms with Crippen molar-refractivity contribution in [1.82, 2.24) is 0 Å². The van der Waals surface area contributed by atoms with E-state index in [9.17, 15) is 32.3 Å². The number of carbonyl (C=O) groups is 2. The summed E-state index contributed by atoms with van der Waals surface area (Å²) in [4.78, 5) is 25.5. The van der Waals surface area contributed by atoms with Gasteiger partial charge in [0.05, 0.1) is 16.8 Å². The van der Waals surface area contributed by atoms with E-state index >= 15 is 0 Å². The molecule has 0 radical (unpaired) electrons. The van der Waals surface area contributed by atoms with Crippen molar-refractivity contribution < 1.29 is 41.7 Å². The summed E-state index contributed by atoms with van der Waals surface area (Å²) in [5.74, 6) is -3.73. The van der Waals surface area contributed by atoms with Crippen molar-refractivity contribution in [3.63, 3.8) is 0 Å². The summed E-state index contributed by atoms with van der Waals surface area (Å²) in [5, 5.41) is 9.18. The van der Waals surface area contributed by atoms with E-state index in [1.54, 1.807) is 19.8 Å². The van der Waals surface area contributed by atoms with Crippen molar-refractivity contribution in [2.24, 2.45) is 5.92 Å². The molecule has 0 spiro atoms. The van der Waals surface area contributed by atoms with E-state index < -0.39 is 52.2 Å². The minimum absolute atomic E-state index is 0.0328. The summed E-state index contributed by atoms with van der Waals surface area (Å²) < 4.78 is 61.0. The number of halogens is 5. The molecule has 1 amide bonds. The minimum atomic E-state index is -5.21. The first kappa shape index (κ1) is 23.8. The standard InChI is InChI=1S/C19H18ClF4NO5/c1-4-15(26)25(18(17(27)28)5-6-29-14(9-18)10(2)3)11-7-12(20)16(13(21)8-11)30-19(22,23)24/h1,7-8,10,14H,5-6,9H2,2-3H3,(H,27,28). The predicted molar refractivity (Wildman–Crippen MR) is 98.6 cm³/mol. The Morgan fingerprint density at radius 1 is 1.43 bits per heavy atom. The van der Waals surface area contributed by atoms with Gasteiger partial charge in [-0.1, -0.05) is 25.4 Å². The van der Waals surface area contributed by atoms with Crippen molar-refractivity contribution in [2.75, 3.05) is 11.5 Å². The number of aliphatic carboxylic acids is 1. The molecule has 0 aliphatic carbocycles. The third-order valence-corrected chi connectivity index (χ3v) is 5.02. The van der Waals surface area contributed by atoms with Crippen molar-refractivity contribution in [3.05, 3.63) is 23.0 Å². The fourth-order valence-corrected chi connectivity index (χ4v) is 3.55. The molecular formula is C19H18ClF4NO5. The first-order chi connectivity index (χ1) is 13.8. The van der Waals surface area contributed by atoms with Crippen LogP contribution in [0, 0.1) is 24.1 Å². The number of rotatable bonds is 5. The fraction of sp³-hybridized carbons (Fsp3) is 0.474. The van der Waals surface area contributed by atoms with Crippen LogP contribution < -0.4 is 9.64 Å². The lowest BCUT2D eigenvalue weighted by molar-refractivity contribution is -0.275. The van der Waals surface area contributed by atoms with Gasteiger partial charge < -0.3 is 14.6 Å². The SMILES string of the molecule is C#CC(=O)N(c1cc(F)c(OC(F)(F)F)c(Cl)c1)C1(C(=O)O)CCOC(C(C)C)C1. The summed E-state index contributed by atoms with van der Waals surface area (Å²) in [7, 11) is 0. The van der Waals surface area contributed by atoms with Gasteiger partial charge >= 0.3 is 18.2 Å². The van der Waals surface area contributed by atoms with Crippen LogP contribution in [0.4, 0.5) is 23.2 Å². The Balaban J connectivity index is 2.64. The number of carboxylic acid groups (broad SMARTS) is 1. The van der Waals surface area contributed by atoms with E-state index in [2.05, 4.69) is 4.74 Å². The summed E-state index contributed by atoms with van der Waals surface area (Å²) >= 11 is 5.75. The zero-order valence-corrected chi connectivity index (χ0v) is 16.7. The third-order valence-electron chi connectivity index (χ3n) is 4.74. The molecule has 11 heteroatoms. The number of nitrogens with zero attached hydrogens (tertiary/aromatic N) is 1. The van der Waals surface area contributed by atoms with Crippen LogP contribution in [0.5, 0.6) is 5.75 Å². The smallest absolute Gasteiger partial charge is 0.479 e. The highest BCUT2D eigenvalue weighted by Crippen LogP contribution is 2.41. The van der Waals surface area contributed by atoms with E-state index in [0.29, 0.717) is 11.0 Å². The lowest BCUT2D eigenvalue weighted by Crippen LogP contribution is -2.62. The maximum Gasteiger partial charge on any atom is 0.573 e. The number of carboxylic acids is 1. The van der Waals surface area contributed by atoms with Crippen LogP contribution in [-0.2, 0) is 14.3 Å². The molecule has 2 unspecified atom stereocenters. The molecule has 6 nitrogen and oxygen atoms in total. The lowest BCUT2D eigenvalue weighted by atomic mass is 9.81. The van der Waals surface area contributed by atoms with Crippen molar-refractivity contribution in [1.29, 1.82) is 0 Å². The maximum absolute atomic E-state index is 14.4. The van der Waals surface area contributed by atoms with Crippen LogP contribution in [-0.4, -0.2) is 41.6 Å². The Hall–Kier alpha value is -2.51. The number of hydrogen-bond acceptors (Lipinski definition) is 4. The first-order valence-corrected chi connectivity index (χ1v) is 9.10. The second-order valence-electron chi connectivity index (χ2n) is 7.02. The first-order valence-electron chi connectivity index (χ1n) is 8.73. The summed E-state index contributed by atoms with van der Waals surface area (Å²) in [5.41, 5.74) is -2.33. The molecule has 1 aromatic rings. The number of amides is 1. The van der Waals surface area contributed by atoms with Gasteiger partial charge in [0.25, 0.3) is 0 Å². The molecule has 1 aromatic carbocycles. The topological polar surface area (TPSA) is 76.1 Å². The number of hydrogen-bond donors (Lipinski definition) is 1. The quantitative estimate of drug-likeness (QED) is 0.541. The van der Waals surface area contributed by atoms with Crippen LogP contribution in [0.25, 0.3) is 0 Å². The number of alkyl halides is 3. The zero-order chi connectivity index (χ0) is 22.9. The lowest BCUT2D eigenvalue weighted by Gasteiger charge is -2.45. The van der Waals surface area contributed by atoms with Gasteiger partial charge in [0.2, 0.25) is 0 Å². The number of anilines is 1. The Morgan fingerprint density at radius 2 is 2.07 bits per heavy atom. The third kappa shape index (κ3) is 4.79. The molecule has 2 rings (SSSR count). The van der Waals surface area contributed by atoms with Crippen molar-refractivity contribution in [3.8, 4) is 18.1 Å². The molecule has 1 aliphatic heterocycles. The van der Waals surface area contributed by atoms with Gasteiger partial charge in [0.15, 0.2) is 17.1 Å². The Kier molecular flexibility index (Phi) is 6.89. The second kappa shape index (κ2) is 8.70. The van der Waals surface area contributed by atoms with Gasteiger partial charge in [0, 0.05) is 25.5 Å². The minimum Gasteiger partial charge on any atom is -0.479 e. The molecule has 1 N–H and O–H groups in total. The molecule has 1 aliphatic rings. The Bertz CT molecular complexity index is 860.